The first-order valence-corrected chi connectivity index (χ1v) is 9.94. The van der Waals surface area contributed by atoms with E-state index in [1.165, 1.54) is 12.1 Å². The first-order chi connectivity index (χ1) is 12.9. The smallest absolute Gasteiger partial charge is 0.255 e. The molecular formula is C21H20N2O3S. The Balaban J connectivity index is 1.73. The second-order valence-electron chi connectivity index (χ2n) is 6.16. The molecule has 0 fully saturated rings. The lowest BCUT2D eigenvalue weighted by Crippen LogP contribution is -2.23. The molecule has 1 amide bonds. The fourth-order valence-electron chi connectivity index (χ4n) is 2.50. The first kappa shape index (κ1) is 18.8. The van der Waals surface area contributed by atoms with Crippen molar-refractivity contribution < 1.29 is 13.2 Å². The highest BCUT2D eigenvalue weighted by Gasteiger charge is 2.16. The van der Waals surface area contributed by atoms with Gasteiger partial charge in [-0.1, -0.05) is 54.1 Å². The molecule has 3 aromatic rings. The number of aryl methyl sites for hydroxylation is 1. The Morgan fingerprint density at radius 3 is 2.30 bits per heavy atom. The lowest BCUT2D eigenvalue weighted by Gasteiger charge is -2.09. The normalized spacial score (nSPS) is 11.1. The van der Waals surface area contributed by atoms with Crippen molar-refractivity contribution in [3.8, 4) is 0 Å². The summed E-state index contributed by atoms with van der Waals surface area (Å²) >= 11 is 0. The molecule has 0 saturated carbocycles. The van der Waals surface area contributed by atoms with Gasteiger partial charge in [-0.2, -0.15) is 0 Å². The Bertz CT molecular complexity index is 1030. The number of benzene rings is 3. The molecule has 0 aliphatic heterocycles. The van der Waals surface area contributed by atoms with Crippen LogP contribution in [0.2, 0.25) is 0 Å². The molecule has 0 spiro atoms. The summed E-state index contributed by atoms with van der Waals surface area (Å²) < 4.78 is 27.6. The largest absolute Gasteiger partial charge is 0.322 e. The number of carbonyl (C=O) groups excluding carboxylic acids is 1. The van der Waals surface area contributed by atoms with E-state index in [0.717, 1.165) is 11.1 Å². The number of carbonyl (C=O) groups is 1. The van der Waals surface area contributed by atoms with E-state index in [4.69, 9.17) is 0 Å². The highest BCUT2D eigenvalue weighted by atomic mass is 32.2. The van der Waals surface area contributed by atoms with E-state index in [1.807, 2.05) is 49.4 Å². The van der Waals surface area contributed by atoms with Crippen molar-refractivity contribution in [1.29, 1.82) is 0 Å². The summed E-state index contributed by atoms with van der Waals surface area (Å²) in [7, 11) is -3.72. The van der Waals surface area contributed by atoms with Crippen molar-refractivity contribution in [2.24, 2.45) is 0 Å². The minimum atomic E-state index is -3.72. The van der Waals surface area contributed by atoms with E-state index in [0.29, 0.717) is 5.69 Å². The Hall–Kier alpha value is -2.96. The molecule has 6 heteroatoms. The molecule has 0 saturated heterocycles. The van der Waals surface area contributed by atoms with Gasteiger partial charge in [0.1, 0.15) is 0 Å². The van der Waals surface area contributed by atoms with Crippen LogP contribution in [0, 0.1) is 6.92 Å². The molecule has 0 atom stereocenters. The fraction of sp³-hybridized carbons (Fsp3) is 0.0952. The van der Waals surface area contributed by atoms with Gasteiger partial charge in [0.25, 0.3) is 5.91 Å². The number of anilines is 1. The second kappa shape index (κ2) is 8.16. The summed E-state index contributed by atoms with van der Waals surface area (Å²) in [6.45, 7) is 2.14. The molecule has 0 bridgehead atoms. The average Bonchev–Trinajstić information content (AvgIpc) is 2.69. The Kier molecular flexibility index (Phi) is 5.69. The highest BCUT2D eigenvalue weighted by molar-refractivity contribution is 7.89. The zero-order chi connectivity index (χ0) is 19.3. The third kappa shape index (κ3) is 5.03. The molecule has 3 rings (SSSR count). The van der Waals surface area contributed by atoms with Crippen LogP contribution in [0.15, 0.2) is 83.8 Å². The predicted molar refractivity (Wildman–Crippen MR) is 106 cm³/mol. The van der Waals surface area contributed by atoms with Crippen LogP contribution in [0.1, 0.15) is 21.5 Å². The Labute approximate surface area is 159 Å². The van der Waals surface area contributed by atoms with E-state index in [1.54, 1.807) is 24.3 Å². The fourth-order valence-corrected chi connectivity index (χ4v) is 3.57. The predicted octanol–water partition coefficient (Wildman–Crippen LogP) is 3.73. The van der Waals surface area contributed by atoms with Crippen molar-refractivity contribution in [2.45, 2.75) is 18.4 Å². The third-order valence-electron chi connectivity index (χ3n) is 4.03. The quantitative estimate of drug-likeness (QED) is 0.684. The molecule has 3 aromatic carbocycles. The molecule has 0 heterocycles. The maximum atomic E-state index is 12.5. The first-order valence-electron chi connectivity index (χ1n) is 8.46. The van der Waals surface area contributed by atoms with E-state index < -0.39 is 10.0 Å². The van der Waals surface area contributed by atoms with E-state index in [2.05, 4.69) is 10.0 Å². The van der Waals surface area contributed by atoms with Crippen molar-refractivity contribution in [3.05, 3.63) is 95.6 Å². The van der Waals surface area contributed by atoms with E-state index >= 15 is 0 Å². The van der Waals surface area contributed by atoms with Gasteiger partial charge in [0.2, 0.25) is 10.0 Å². The van der Waals surface area contributed by atoms with Gasteiger partial charge in [-0.05, 0) is 42.8 Å². The lowest BCUT2D eigenvalue weighted by atomic mass is 10.2. The maximum absolute atomic E-state index is 12.5. The van der Waals surface area contributed by atoms with Crippen LogP contribution >= 0.6 is 0 Å². The number of hydrogen-bond donors (Lipinski definition) is 2. The van der Waals surface area contributed by atoms with Gasteiger partial charge < -0.3 is 5.32 Å². The van der Waals surface area contributed by atoms with Crippen LogP contribution < -0.4 is 10.0 Å². The van der Waals surface area contributed by atoms with Crippen molar-refractivity contribution >= 4 is 21.6 Å². The molecule has 27 heavy (non-hydrogen) atoms. The molecule has 138 valence electrons. The minimum absolute atomic E-state index is 0.0509. The number of nitrogens with one attached hydrogen (secondary N) is 2. The highest BCUT2D eigenvalue weighted by Crippen LogP contribution is 2.15. The molecule has 5 nitrogen and oxygen atoms in total. The molecule has 0 aliphatic rings. The molecule has 0 unspecified atom stereocenters. The molecular weight excluding hydrogens is 360 g/mol. The zero-order valence-electron chi connectivity index (χ0n) is 14.8. The van der Waals surface area contributed by atoms with Crippen LogP contribution in [0.25, 0.3) is 0 Å². The summed E-state index contributed by atoms with van der Waals surface area (Å²) in [5, 5.41) is 2.77. The van der Waals surface area contributed by atoms with Gasteiger partial charge in [0.05, 0.1) is 4.90 Å². The summed E-state index contributed by atoms with van der Waals surface area (Å²) in [5.74, 6) is -0.362. The lowest BCUT2D eigenvalue weighted by molar-refractivity contribution is 0.102. The van der Waals surface area contributed by atoms with Crippen LogP contribution in [0.5, 0.6) is 0 Å². The van der Waals surface area contributed by atoms with Crippen LogP contribution in [-0.2, 0) is 16.6 Å². The Morgan fingerprint density at radius 1 is 0.889 bits per heavy atom. The molecule has 0 aromatic heterocycles. The number of sulfonamides is 1. The molecule has 0 radical (unpaired) electrons. The maximum Gasteiger partial charge on any atom is 0.255 e. The Morgan fingerprint density at radius 2 is 1.59 bits per heavy atom. The topological polar surface area (TPSA) is 75.3 Å². The monoisotopic (exact) mass is 380 g/mol. The van der Waals surface area contributed by atoms with Gasteiger partial charge in [0, 0.05) is 17.8 Å². The van der Waals surface area contributed by atoms with E-state index in [-0.39, 0.29) is 22.9 Å². The van der Waals surface area contributed by atoms with Gasteiger partial charge in [-0.25, -0.2) is 13.1 Å². The molecule has 2 N–H and O–H groups in total. The SMILES string of the molecule is Cc1ccc(NC(=O)c2cccc(S(=O)(=O)NCc3ccccc3)c2)cc1. The zero-order valence-corrected chi connectivity index (χ0v) is 15.7. The molecule has 0 aliphatic carbocycles. The summed E-state index contributed by atoms with van der Waals surface area (Å²) in [5.41, 5.74) is 2.87. The van der Waals surface area contributed by atoms with Crippen LogP contribution in [0.3, 0.4) is 0 Å². The van der Waals surface area contributed by atoms with Crippen molar-refractivity contribution in [1.82, 2.24) is 4.72 Å². The standard InChI is InChI=1S/C21H20N2O3S/c1-16-10-12-19(13-11-16)23-21(24)18-8-5-9-20(14-18)27(25,26)22-15-17-6-3-2-4-7-17/h2-14,22H,15H2,1H3,(H,23,24). The van der Waals surface area contributed by atoms with Gasteiger partial charge >= 0.3 is 0 Å². The van der Waals surface area contributed by atoms with Crippen LogP contribution in [0.4, 0.5) is 5.69 Å². The minimum Gasteiger partial charge on any atom is -0.322 e. The number of amides is 1. The van der Waals surface area contributed by atoms with Gasteiger partial charge in [-0.3, -0.25) is 4.79 Å². The van der Waals surface area contributed by atoms with Crippen molar-refractivity contribution in [2.75, 3.05) is 5.32 Å². The van der Waals surface area contributed by atoms with Gasteiger partial charge in [-0.15, -0.1) is 0 Å². The van der Waals surface area contributed by atoms with Crippen molar-refractivity contribution in [3.63, 3.8) is 0 Å². The van der Waals surface area contributed by atoms with Gasteiger partial charge in [0.15, 0.2) is 0 Å². The summed E-state index contributed by atoms with van der Waals surface area (Å²) in [4.78, 5) is 12.5. The van der Waals surface area contributed by atoms with Crippen LogP contribution in [-0.4, -0.2) is 14.3 Å². The number of rotatable bonds is 6. The summed E-state index contributed by atoms with van der Waals surface area (Å²) in [6, 6.07) is 22.6. The van der Waals surface area contributed by atoms with E-state index in [9.17, 15) is 13.2 Å². The second-order valence-corrected chi connectivity index (χ2v) is 7.93. The summed E-state index contributed by atoms with van der Waals surface area (Å²) in [6.07, 6.45) is 0. The number of hydrogen-bond acceptors (Lipinski definition) is 3. The average molecular weight is 380 g/mol. The third-order valence-corrected chi connectivity index (χ3v) is 5.42.